The second-order valence-corrected chi connectivity index (χ2v) is 7.87. The maximum atomic E-state index is 12.7. The molecule has 25 heavy (non-hydrogen) atoms. The molecule has 1 aromatic carbocycles. The molecule has 0 aromatic heterocycles. The van der Waals surface area contributed by atoms with E-state index in [1.54, 1.807) is 0 Å². The SMILES string of the molecule is Cc1ccc(N2CCCC2)c(C(=O)NCCCN2CCCC(C)C2)c1. The molecule has 1 atom stereocenters. The van der Waals surface area contributed by atoms with Crippen molar-refractivity contribution >= 4 is 11.6 Å². The Morgan fingerprint density at radius 1 is 1.20 bits per heavy atom. The maximum Gasteiger partial charge on any atom is 0.253 e. The Balaban J connectivity index is 1.51. The average Bonchev–Trinajstić information content (AvgIpc) is 3.13. The molecule has 1 N–H and O–H groups in total. The average molecular weight is 344 g/mol. The Morgan fingerprint density at radius 3 is 2.76 bits per heavy atom. The summed E-state index contributed by atoms with van der Waals surface area (Å²) >= 11 is 0. The van der Waals surface area contributed by atoms with E-state index in [0.29, 0.717) is 0 Å². The molecule has 1 aromatic rings. The fourth-order valence-corrected chi connectivity index (χ4v) is 4.16. The van der Waals surface area contributed by atoms with Crippen LogP contribution >= 0.6 is 0 Å². The van der Waals surface area contributed by atoms with Gasteiger partial charge < -0.3 is 15.1 Å². The minimum atomic E-state index is 0.0811. The first-order chi connectivity index (χ1) is 12.1. The first-order valence-corrected chi connectivity index (χ1v) is 9.99. The Kier molecular flexibility index (Phi) is 6.35. The second-order valence-electron chi connectivity index (χ2n) is 7.87. The summed E-state index contributed by atoms with van der Waals surface area (Å²) in [6, 6.07) is 6.27. The topological polar surface area (TPSA) is 35.6 Å². The Morgan fingerprint density at radius 2 is 2.00 bits per heavy atom. The highest BCUT2D eigenvalue weighted by molar-refractivity contribution is 6.00. The van der Waals surface area contributed by atoms with Gasteiger partial charge >= 0.3 is 0 Å². The maximum absolute atomic E-state index is 12.7. The van der Waals surface area contributed by atoms with Crippen LogP contribution in [0.1, 0.15) is 54.9 Å². The number of nitrogens with zero attached hydrogens (tertiary/aromatic N) is 2. The van der Waals surface area contributed by atoms with Crippen molar-refractivity contribution in [3.63, 3.8) is 0 Å². The van der Waals surface area contributed by atoms with Crippen molar-refractivity contribution in [3.05, 3.63) is 29.3 Å². The third kappa shape index (κ3) is 4.97. The summed E-state index contributed by atoms with van der Waals surface area (Å²) in [5.41, 5.74) is 3.09. The van der Waals surface area contributed by atoms with E-state index < -0.39 is 0 Å². The number of likely N-dealkylation sites (tertiary alicyclic amines) is 1. The molecule has 1 unspecified atom stereocenters. The van der Waals surface area contributed by atoms with Crippen LogP contribution in [0.5, 0.6) is 0 Å². The summed E-state index contributed by atoms with van der Waals surface area (Å²) in [6.07, 6.45) is 6.16. The van der Waals surface area contributed by atoms with Gasteiger partial charge in [-0.1, -0.05) is 18.6 Å². The fraction of sp³-hybridized carbons (Fsp3) is 0.667. The lowest BCUT2D eigenvalue weighted by molar-refractivity contribution is 0.0950. The Labute approximate surface area is 152 Å². The summed E-state index contributed by atoms with van der Waals surface area (Å²) in [4.78, 5) is 17.6. The zero-order valence-corrected chi connectivity index (χ0v) is 15.9. The van der Waals surface area contributed by atoms with Crippen LogP contribution in [0.15, 0.2) is 18.2 Å². The van der Waals surface area contributed by atoms with E-state index in [2.05, 4.69) is 41.1 Å². The molecule has 0 bridgehead atoms. The fourth-order valence-electron chi connectivity index (χ4n) is 4.16. The van der Waals surface area contributed by atoms with Gasteiger partial charge in [-0.25, -0.2) is 0 Å². The lowest BCUT2D eigenvalue weighted by Crippen LogP contribution is -2.36. The predicted molar refractivity (Wildman–Crippen MR) is 104 cm³/mol. The van der Waals surface area contributed by atoms with Crippen LogP contribution in [0.3, 0.4) is 0 Å². The molecule has 2 aliphatic rings. The molecule has 2 saturated heterocycles. The summed E-state index contributed by atoms with van der Waals surface area (Å²) in [6.45, 7) is 10.8. The number of carbonyl (C=O) groups excluding carboxylic acids is 1. The van der Waals surface area contributed by atoms with Gasteiger partial charge in [0.25, 0.3) is 5.91 Å². The summed E-state index contributed by atoms with van der Waals surface area (Å²) < 4.78 is 0. The number of carbonyl (C=O) groups is 1. The molecular formula is C21H33N3O. The molecule has 0 aliphatic carbocycles. The van der Waals surface area contributed by atoms with Gasteiger partial charge in [0, 0.05) is 31.9 Å². The van der Waals surface area contributed by atoms with Crippen LogP contribution in [0.2, 0.25) is 0 Å². The van der Waals surface area contributed by atoms with Crippen molar-refractivity contribution in [1.82, 2.24) is 10.2 Å². The highest BCUT2D eigenvalue weighted by Crippen LogP contribution is 2.25. The van der Waals surface area contributed by atoms with Gasteiger partial charge in [0.1, 0.15) is 0 Å². The predicted octanol–water partition coefficient (Wildman–Crippen LogP) is 3.45. The number of hydrogen-bond acceptors (Lipinski definition) is 3. The molecule has 0 radical (unpaired) electrons. The Bertz CT molecular complexity index is 581. The van der Waals surface area contributed by atoms with Gasteiger partial charge in [0.15, 0.2) is 0 Å². The van der Waals surface area contributed by atoms with E-state index in [1.165, 1.54) is 38.8 Å². The van der Waals surface area contributed by atoms with Crippen molar-refractivity contribution in [1.29, 1.82) is 0 Å². The van der Waals surface area contributed by atoms with Crippen LogP contribution in [-0.2, 0) is 0 Å². The second kappa shape index (κ2) is 8.70. The molecule has 0 spiro atoms. The van der Waals surface area contributed by atoms with Gasteiger partial charge in [-0.3, -0.25) is 4.79 Å². The highest BCUT2D eigenvalue weighted by atomic mass is 16.1. The molecule has 138 valence electrons. The number of rotatable bonds is 6. The molecule has 1 amide bonds. The summed E-state index contributed by atoms with van der Waals surface area (Å²) in [5.74, 6) is 0.899. The van der Waals surface area contributed by atoms with E-state index in [-0.39, 0.29) is 5.91 Å². The normalized spacial score (nSPS) is 21.5. The van der Waals surface area contributed by atoms with Gasteiger partial charge in [-0.2, -0.15) is 0 Å². The zero-order chi connectivity index (χ0) is 17.6. The third-order valence-electron chi connectivity index (χ3n) is 5.52. The lowest BCUT2D eigenvalue weighted by atomic mass is 10.0. The van der Waals surface area contributed by atoms with Crippen molar-refractivity contribution in [2.75, 3.05) is 44.2 Å². The summed E-state index contributed by atoms with van der Waals surface area (Å²) in [7, 11) is 0. The zero-order valence-electron chi connectivity index (χ0n) is 15.9. The molecule has 0 saturated carbocycles. The number of amides is 1. The molecule has 4 nitrogen and oxygen atoms in total. The van der Waals surface area contributed by atoms with E-state index in [4.69, 9.17) is 0 Å². The van der Waals surface area contributed by atoms with Crippen LogP contribution in [0.25, 0.3) is 0 Å². The number of piperidine rings is 1. The van der Waals surface area contributed by atoms with Crippen LogP contribution in [0.4, 0.5) is 5.69 Å². The van der Waals surface area contributed by atoms with E-state index >= 15 is 0 Å². The molecule has 2 heterocycles. The number of benzene rings is 1. The van der Waals surface area contributed by atoms with Crippen molar-refractivity contribution < 1.29 is 4.79 Å². The van der Waals surface area contributed by atoms with E-state index in [1.807, 2.05) is 6.07 Å². The van der Waals surface area contributed by atoms with Crippen LogP contribution in [-0.4, -0.2) is 50.1 Å². The van der Waals surface area contributed by atoms with Crippen molar-refractivity contribution in [2.45, 2.75) is 46.0 Å². The molecule has 4 heteroatoms. The van der Waals surface area contributed by atoms with Crippen LogP contribution in [0, 0.1) is 12.8 Å². The highest BCUT2D eigenvalue weighted by Gasteiger charge is 2.20. The minimum Gasteiger partial charge on any atom is -0.371 e. The van der Waals surface area contributed by atoms with Crippen molar-refractivity contribution in [2.24, 2.45) is 5.92 Å². The lowest BCUT2D eigenvalue weighted by Gasteiger charge is -2.30. The standard InChI is InChI=1S/C21H33N3O/c1-17-8-9-20(24-13-3-4-14-24)19(15-17)21(25)22-10-6-12-23-11-5-7-18(2)16-23/h8-9,15,18H,3-7,10-14,16H2,1-2H3,(H,22,25). The molecule has 2 fully saturated rings. The minimum absolute atomic E-state index is 0.0811. The van der Waals surface area contributed by atoms with E-state index in [9.17, 15) is 4.79 Å². The van der Waals surface area contributed by atoms with E-state index in [0.717, 1.165) is 55.3 Å². The van der Waals surface area contributed by atoms with Gasteiger partial charge in [-0.05, 0) is 70.2 Å². The molecular weight excluding hydrogens is 310 g/mol. The largest absolute Gasteiger partial charge is 0.371 e. The van der Waals surface area contributed by atoms with Gasteiger partial charge in [0.05, 0.1) is 5.56 Å². The number of hydrogen-bond donors (Lipinski definition) is 1. The monoisotopic (exact) mass is 343 g/mol. The van der Waals surface area contributed by atoms with Gasteiger partial charge in [-0.15, -0.1) is 0 Å². The first-order valence-electron chi connectivity index (χ1n) is 9.99. The number of aryl methyl sites for hydroxylation is 1. The van der Waals surface area contributed by atoms with Crippen molar-refractivity contribution in [3.8, 4) is 0 Å². The first kappa shape index (κ1) is 18.2. The van der Waals surface area contributed by atoms with Gasteiger partial charge in [0.2, 0.25) is 0 Å². The quantitative estimate of drug-likeness (QED) is 0.804. The molecule has 3 rings (SSSR count). The molecule has 2 aliphatic heterocycles. The van der Waals surface area contributed by atoms with Crippen LogP contribution < -0.4 is 10.2 Å². The third-order valence-corrected chi connectivity index (χ3v) is 5.52. The Hall–Kier alpha value is -1.55. The number of anilines is 1. The summed E-state index contributed by atoms with van der Waals surface area (Å²) in [5, 5.41) is 3.15. The number of nitrogens with one attached hydrogen (secondary N) is 1. The smallest absolute Gasteiger partial charge is 0.253 e.